The number of ether oxygens (including phenoxy) is 1. The first-order valence-electron chi connectivity index (χ1n) is 10.6. The van der Waals surface area contributed by atoms with E-state index in [1.807, 2.05) is 0 Å². The first-order valence-corrected chi connectivity index (χ1v) is 10.6. The number of carbonyl (C=O) groups is 4. The number of methoxy groups -OCH3 is 1. The van der Waals surface area contributed by atoms with Crippen LogP contribution in [0.3, 0.4) is 0 Å². The summed E-state index contributed by atoms with van der Waals surface area (Å²) in [6.07, 6.45) is 2.98. The van der Waals surface area contributed by atoms with Crippen molar-refractivity contribution in [1.29, 1.82) is 0 Å². The van der Waals surface area contributed by atoms with Crippen LogP contribution < -0.4 is 10.6 Å². The number of benzene rings is 2. The molecule has 1 spiro atoms. The summed E-state index contributed by atoms with van der Waals surface area (Å²) in [6.45, 7) is -0.345. The van der Waals surface area contributed by atoms with Gasteiger partial charge < -0.3 is 15.4 Å². The summed E-state index contributed by atoms with van der Waals surface area (Å²) in [5.41, 5.74) is 1.36. The van der Waals surface area contributed by atoms with Crippen molar-refractivity contribution in [3.05, 3.63) is 65.2 Å². The molecule has 1 aliphatic carbocycles. The molecule has 1 saturated carbocycles. The average Bonchev–Trinajstić information content (AvgIpc) is 3.38. The summed E-state index contributed by atoms with van der Waals surface area (Å²) in [5, 5.41) is 5.48. The zero-order valence-electron chi connectivity index (χ0n) is 18.1. The molecule has 8 nitrogen and oxygen atoms in total. The Labute approximate surface area is 191 Å². The summed E-state index contributed by atoms with van der Waals surface area (Å²) in [7, 11) is 1.32. The standard InChI is InChI=1S/C25H23N3O5/c1-33-22(30)19-8-4-6-17(14-19)10-11-18-7-5-9-20(15-18)26-21(29)16-28-23(31)25(27-24(28)32)12-2-3-13-25/h4-9,14-15H,2-3,12-13,16H2,1H3,(H,26,29)(H,27,32). The minimum atomic E-state index is -0.835. The lowest BCUT2D eigenvalue weighted by Crippen LogP contribution is -2.44. The predicted octanol–water partition coefficient (Wildman–Crippen LogP) is 2.68. The van der Waals surface area contributed by atoms with Crippen molar-refractivity contribution >= 4 is 29.5 Å². The third-order valence-electron chi connectivity index (χ3n) is 5.79. The molecular formula is C25H23N3O5. The number of hydrogen-bond acceptors (Lipinski definition) is 5. The van der Waals surface area contributed by atoms with Crippen LogP contribution in [-0.2, 0) is 14.3 Å². The van der Waals surface area contributed by atoms with E-state index in [4.69, 9.17) is 4.74 Å². The Morgan fingerprint density at radius 3 is 2.42 bits per heavy atom. The third kappa shape index (κ3) is 4.72. The molecule has 168 valence electrons. The lowest BCUT2D eigenvalue weighted by atomic mass is 9.98. The minimum absolute atomic E-state index is 0.325. The molecule has 0 aromatic heterocycles. The second-order valence-corrected chi connectivity index (χ2v) is 8.06. The molecule has 4 rings (SSSR count). The second-order valence-electron chi connectivity index (χ2n) is 8.06. The second kappa shape index (κ2) is 9.17. The van der Waals surface area contributed by atoms with Gasteiger partial charge in [-0.15, -0.1) is 0 Å². The van der Waals surface area contributed by atoms with Crippen LogP contribution in [0.5, 0.6) is 0 Å². The summed E-state index contributed by atoms with van der Waals surface area (Å²) in [6, 6.07) is 13.2. The van der Waals surface area contributed by atoms with Crippen LogP contribution in [0.25, 0.3) is 0 Å². The van der Waals surface area contributed by atoms with Gasteiger partial charge in [0.15, 0.2) is 0 Å². The van der Waals surface area contributed by atoms with Crippen molar-refractivity contribution in [2.45, 2.75) is 31.2 Å². The summed E-state index contributed by atoms with van der Waals surface area (Å²) in [5.74, 6) is 4.75. The highest BCUT2D eigenvalue weighted by Gasteiger charge is 2.52. The Bertz CT molecular complexity index is 1190. The van der Waals surface area contributed by atoms with E-state index < -0.39 is 23.4 Å². The Kier molecular flexibility index (Phi) is 6.13. The number of carbonyl (C=O) groups excluding carboxylic acids is 4. The lowest BCUT2D eigenvalue weighted by Gasteiger charge is -2.19. The van der Waals surface area contributed by atoms with Gasteiger partial charge in [0.05, 0.1) is 12.7 Å². The van der Waals surface area contributed by atoms with Gasteiger partial charge >= 0.3 is 12.0 Å². The molecule has 1 saturated heterocycles. The lowest BCUT2D eigenvalue weighted by molar-refractivity contribution is -0.133. The third-order valence-corrected chi connectivity index (χ3v) is 5.79. The molecule has 4 amide bonds. The molecule has 1 aliphatic heterocycles. The number of anilines is 1. The Morgan fingerprint density at radius 1 is 1.06 bits per heavy atom. The molecule has 0 unspecified atom stereocenters. The molecule has 2 N–H and O–H groups in total. The van der Waals surface area contributed by atoms with Crippen molar-refractivity contribution in [1.82, 2.24) is 10.2 Å². The van der Waals surface area contributed by atoms with Gasteiger partial charge in [0.25, 0.3) is 5.91 Å². The van der Waals surface area contributed by atoms with E-state index in [-0.39, 0.29) is 12.5 Å². The van der Waals surface area contributed by atoms with Gasteiger partial charge in [-0.2, -0.15) is 0 Å². The Hall–Kier alpha value is -4.12. The van der Waals surface area contributed by atoms with Crippen LogP contribution >= 0.6 is 0 Å². The predicted molar refractivity (Wildman–Crippen MR) is 120 cm³/mol. The Morgan fingerprint density at radius 2 is 1.73 bits per heavy atom. The van der Waals surface area contributed by atoms with E-state index in [1.165, 1.54) is 7.11 Å². The molecule has 0 atom stereocenters. The van der Waals surface area contributed by atoms with Gasteiger partial charge in [-0.05, 0) is 49.2 Å². The van der Waals surface area contributed by atoms with E-state index in [0.29, 0.717) is 35.2 Å². The van der Waals surface area contributed by atoms with Gasteiger partial charge in [-0.1, -0.05) is 36.8 Å². The molecule has 2 aromatic carbocycles. The van der Waals surface area contributed by atoms with Crippen molar-refractivity contribution in [2.24, 2.45) is 0 Å². The zero-order chi connectivity index (χ0) is 23.4. The highest BCUT2D eigenvalue weighted by molar-refractivity contribution is 6.10. The maximum atomic E-state index is 12.7. The van der Waals surface area contributed by atoms with E-state index in [0.717, 1.165) is 17.7 Å². The summed E-state index contributed by atoms with van der Waals surface area (Å²) in [4.78, 5) is 50.1. The maximum Gasteiger partial charge on any atom is 0.337 e. The number of urea groups is 1. The van der Waals surface area contributed by atoms with Crippen molar-refractivity contribution in [2.75, 3.05) is 19.0 Å². The number of esters is 1. The van der Waals surface area contributed by atoms with Crippen LogP contribution in [-0.4, -0.2) is 47.9 Å². The molecule has 2 fully saturated rings. The Balaban J connectivity index is 1.41. The number of rotatable bonds is 4. The quantitative estimate of drug-likeness (QED) is 0.428. The highest BCUT2D eigenvalue weighted by atomic mass is 16.5. The number of imide groups is 1. The van der Waals surface area contributed by atoms with Crippen LogP contribution in [0.2, 0.25) is 0 Å². The minimum Gasteiger partial charge on any atom is -0.465 e. The molecule has 2 aromatic rings. The van der Waals surface area contributed by atoms with Crippen LogP contribution in [0.4, 0.5) is 10.5 Å². The summed E-state index contributed by atoms with van der Waals surface area (Å²) >= 11 is 0. The van der Waals surface area contributed by atoms with E-state index in [2.05, 4.69) is 22.5 Å². The molecule has 0 bridgehead atoms. The van der Waals surface area contributed by atoms with Crippen molar-refractivity contribution in [3.63, 3.8) is 0 Å². The van der Waals surface area contributed by atoms with Gasteiger partial charge in [-0.25, -0.2) is 9.59 Å². The van der Waals surface area contributed by atoms with Gasteiger partial charge in [-0.3, -0.25) is 14.5 Å². The zero-order valence-corrected chi connectivity index (χ0v) is 18.1. The highest BCUT2D eigenvalue weighted by Crippen LogP contribution is 2.34. The fourth-order valence-electron chi connectivity index (χ4n) is 4.14. The normalized spacial score (nSPS) is 16.2. The molecule has 2 aliphatic rings. The maximum absolute atomic E-state index is 12.7. The van der Waals surface area contributed by atoms with Crippen molar-refractivity contribution < 1.29 is 23.9 Å². The molecular weight excluding hydrogens is 422 g/mol. The topological polar surface area (TPSA) is 105 Å². The first kappa shape index (κ1) is 22.1. The monoisotopic (exact) mass is 445 g/mol. The number of nitrogens with one attached hydrogen (secondary N) is 2. The SMILES string of the molecule is COC(=O)c1cccc(C#Cc2cccc(NC(=O)CN3C(=O)NC4(CCCC4)C3=O)c2)c1. The van der Waals surface area contributed by atoms with Crippen molar-refractivity contribution in [3.8, 4) is 11.8 Å². The largest absolute Gasteiger partial charge is 0.465 e. The molecule has 1 heterocycles. The van der Waals surface area contributed by atoms with E-state index in [1.54, 1.807) is 48.5 Å². The van der Waals surface area contributed by atoms with Gasteiger partial charge in [0.2, 0.25) is 5.91 Å². The smallest absolute Gasteiger partial charge is 0.337 e. The van der Waals surface area contributed by atoms with Crippen LogP contribution in [0.15, 0.2) is 48.5 Å². The van der Waals surface area contributed by atoms with Crippen LogP contribution in [0.1, 0.15) is 47.2 Å². The fraction of sp³-hybridized carbons (Fsp3) is 0.280. The van der Waals surface area contributed by atoms with Crippen LogP contribution in [0, 0.1) is 11.8 Å². The summed E-state index contributed by atoms with van der Waals surface area (Å²) < 4.78 is 4.72. The molecule has 8 heteroatoms. The number of amides is 4. The average molecular weight is 445 g/mol. The fourth-order valence-corrected chi connectivity index (χ4v) is 4.14. The van der Waals surface area contributed by atoms with Gasteiger partial charge in [0.1, 0.15) is 12.1 Å². The molecule has 0 radical (unpaired) electrons. The van der Waals surface area contributed by atoms with Gasteiger partial charge in [0, 0.05) is 16.8 Å². The number of hydrogen-bond donors (Lipinski definition) is 2. The molecule has 33 heavy (non-hydrogen) atoms. The van der Waals surface area contributed by atoms with E-state index >= 15 is 0 Å². The van der Waals surface area contributed by atoms with E-state index in [9.17, 15) is 19.2 Å². The first-order chi connectivity index (χ1) is 15.9. The number of nitrogens with zero attached hydrogens (tertiary/aromatic N) is 1.